The van der Waals surface area contributed by atoms with E-state index in [-0.39, 0.29) is 24.0 Å². The highest BCUT2D eigenvalue weighted by molar-refractivity contribution is 14.0. The lowest BCUT2D eigenvalue weighted by atomic mass is 10.1. The topological polar surface area (TPSA) is 48.9 Å². The van der Waals surface area contributed by atoms with Crippen LogP contribution in [0.3, 0.4) is 0 Å². The number of nitrogens with zero attached hydrogens (tertiary/aromatic N) is 2. The zero-order valence-corrected chi connectivity index (χ0v) is 18.9. The van der Waals surface area contributed by atoms with Crippen LogP contribution < -0.4 is 10.6 Å². The van der Waals surface area contributed by atoms with Crippen molar-refractivity contribution in [2.24, 2.45) is 4.99 Å². The molecule has 1 aliphatic heterocycles. The number of ether oxygens (including phenoxy) is 1. The van der Waals surface area contributed by atoms with Gasteiger partial charge >= 0.3 is 0 Å². The van der Waals surface area contributed by atoms with Gasteiger partial charge in [0.2, 0.25) is 0 Å². The fourth-order valence-corrected chi connectivity index (χ4v) is 2.98. The Labute approximate surface area is 179 Å². The number of aryl methyl sites for hydroxylation is 1. The Morgan fingerprint density at radius 1 is 1.23 bits per heavy atom. The minimum absolute atomic E-state index is 0. The van der Waals surface area contributed by atoms with E-state index < -0.39 is 0 Å². The van der Waals surface area contributed by atoms with Gasteiger partial charge in [0.05, 0.1) is 19.8 Å². The molecule has 7 heteroatoms. The Kier molecular flexibility index (Phi) is 12.3. The molecule has 0 radical (unpaired) electrons. The summed E-state index contributed by atoms with van der Waals surface area (Å²) in [5.74, 6) is 0.902. The molecule has 0 spiro atoms. The molecule has 1 atom stereocenters. The molecule has 2 N–H and O–H groups in total. The molecule has 0 aromatic heterocycles. The Balaban J connectivity index is 0.00000338. The average molecular weight is 495 g/mol. The Morgan fingerprint density at radius 2 is 1.92 bits per heavy atom. The summed E-state index contributed by atoms with van der Waals surface area (Å²) in [5.41, 5.74) is 1.31. The molecule has 1 aliphatic rings. The zero-order valence-electron chi connectivity index (χ0n) is 15.8. The second-order valence-electron chi connectivity index (χ2n) is 6.37. The summed E-state index contributed by atoms with van der Waals surface area (Å²) in [5, 5.41) is 7.55. The van der Waals surface area contributed by atoms with E-state index in [0.29, 0.717) is 6.04 Å². The normalized spacial score (nSPS) is 16.7. The highest BCUT2D eigenvalue weighted by Crippen LogP contribution is 2.10. The predicted octanol–water partition coefficient (Wildman–Crippen LogP) is 3.17. The van der Waals surface area contributed by atoms with E-state index in [2.05, 4.69) is 41.5 Å². The van der Waals surface area contributed by atoms with Crippen LogP contribution in [0.25, 0.3) is 0 Å². The van der Waals surface area contributed by atoms with E-state index in [1.165, 1.54) is 5.56 Å². The summed E-state index contributed by atoms with van der Waals surface area (Å²) in [6.07, 6.45) is 2.10. The predicted molar refractivity (Wildman–Crippen MR) is 121 cm³/mol. The molecule has 1 unspecified atom stereocenters. The van der Waals surface area contributed by atoms with E-state index in [4.69, 9.17) is 21.3 Å². The van der Waals surface area contributed by atoms with Gasteiger partial charge in [0.1, 0.15) is 0 Å². The van der Waals surface area contributed by atoms with Crippen molar-refractivity contribution in [1.29, 1.82) is 0 Å². The van der Waals surface area contributed by atoms with Crippen LogP contribution >= 0.6 is 35.6 Å². The molecule has 148 valence electrons. The van der Waals surface area contributed by atoms with Gasteiger partial charge in [-0.05, 0) is 44.4 Å². The van der Waals surface area contributed by atoms with Crippen molar-refractivity contribution in [2.75, 3.05) is 45.9 Å². The lowest BCUT2D eigenvalue weighted by Gasteiger charge is -2.31. The molecule has 2 rings (SSSR count). The van der Waals surface area contributed by atoms with Crippen LogP contribution in [0.2, 0.25) is 5.02 Å². The average Bonchev–Trinajstić information content (AvgIpc) is 2.65. The Bertz CT molecular complexity index is 521. The molecular formula is C19H32ClIN4O. The van der Waals surface area contributed by atoms with Gasteiger partial charge in [-0.2, -0.15) is 0 Å². The summed E-state index contributed by atoms with van der Waals surface area (Å²) < 4.78 is 5.41. The number of benzene rings is 1. The second-order valence-corrected chi connectivity index (χ2v) is 6.81. The van der Waals surface area contributed by atoms with Crippen molar-refractivity contribution in [3.63, 3.8) is 0 Å². The minimum Gasteiger partial charge on any atom is -0.379 e. The van der Waals surface area contributed by atoms with Crippen LogP contribution in [-0.2, 0) is 11.2 Å². The van der Waals surface area contributed by atoms with Crippen molar-refractivity contribution in [3.8, 4) is 0 Å². The van der Waals surface area contributed by atoms with E-state index in [1.807, 2.05) is 12.1 Å². The quantitative estimate of drug-likeness (QED) is 0.252. The van der Waals surface area contributed by atoms with E-state index in [0.717, 1.165) is 69.8 Å². The maximum Gasteiger partial charge on any atom is 0.191 e. The molecule has 0 saturated carbocycles. The fraction of sp³-hybridized carbons (Fsp3) is 0.632. The number of nitrogens with one attached hydrogen (secondary N) is 2. The van der Waals surface area contributed by atoms with Crippen LogP contribution in [0.4, 0.5) is 0 Å². The lowest BCUT2D eigenvalue weighted by molar-refractivity contribution is 0.0220. The van der Waals surface area contributed by atoms with E-state index in [1.54, 1.807) is 0 Å². The molecule has 1 fully saturated rings. The van der Waals surface area contributed by atoms with Gasteiger partial charge in [-0.25, -0.2) is 0 Å². The van der Waals surface area contributed by atoms with Crippen molar-refractivity contribution in [3.05, 3.63) is 34.9 Å². The first kappa shape index (κ1) is 23.5. The third-order valence-corrected chi connectivity index (χ3v) is 4.63. The molecule has 0 aliphatic carbocycles. The van der Waals surface area contributed by atoms with Gasteiger partial charge in [-0.15, -0.1) is 24.0 Å². The van der Waals surface area contributed by atoms with Crippen molar-refractivity contribution in [1.82, 2.24) is 15.5 Å². The minimum atomic E-state index is 0. The molecule has 5 nitrogen and oxygen atoms in total. The Morgan fingerprint density at radius 3 is 2.58 bits per heavy atom. The number of aliphatic imine (C=N–C) groups is 1. The number of morpholine rings is 1. The first-order valence-electron chi connectivity index (χ1n) is 9.27. The molecule has 0 bridgehead atoms. The summed E-state index contributed by atoms with van der Waals surface area (Å²) in [7, 11) is 0. The maximum atomic E-state index is 5.92. The monoisotopic (exact) mass is 494 g/mol. The first-order chi connectivity index (χ1) is 12.2. The molecule has 1 saturated heterocycles. The van der Waals surface area contributed by atoms with Crippen molar-refractivity contribution in [2.45, 2.75) is 32.7 Å². The van der Waals surface area contributed by atoms with E-state index in [9.17, 15) is 0 Å². The van der Waals surface area contributed by atoms with Crippen molar-refractivity contribution < 1.29 is 4.74 Å². The third kappa shape index (κ3) is 8.88. The maximum absolute atomic E-state index is 5.92. The number of rotatable bonds is 8. The lowest BCUT2D eigenvalue weighted by Crippen LogP contribution is -2.44. The van der Waals surface area contributed by atoms with Gasteiger partial charge in [0, 0.05) is 37.2 Å². The van der Waals surface area contributed by atoms with E-state index >= 15 is 0 Å². The highest BCUT2D eigenvalue weighted by Gasteiger charge is 2.16. The third-order valence-electron chi connectivity index (χ3n) is 4.37. The second kappa shape index (κ2) is 13.6. The first-order valence-corrected chi connectivity index (χ1v) is 9.65. The van der Waals surface area contributed by atoms with Crippen LogP contribution in [0.15, 0.2) is 29.3 Å². The summed E-state index contributed by atoms with van der Waals surface area (Å²) >= 11 is 5.92. The molecule has 0 amide bonds. The van der Waals surface area contributed by atoms with Gasteiger partial charge in [0.15, 0.2) is 5.96 Å². The number of guanidine groups is 1. The highest BCUT2D eigenvalue weighted by atomic mass is 127. The van der Waals surface area contributed by atoms with Gasteiger partial charge in [-0.3, -0.25) is 9.89 Å². The number of hydrogen-bond donors (Lipinski definition) is 2. The molecule has 26 heavy (non-hydrogen) atoms. The van der Waals surface area contributed by atoms with Gasteiger partial charge in [-0.1, -0.05) is 23.7 Å². The molecule has 1 heterocycles. The van der Waals surface area contributed by atoms with Crippen LogP contribution in [0, 0.1) is 0 Å². The zero-order chi connectivity index (χ0) is 17.9. The fourth-order valence-electron chi connectivity index (χ4n) is 2.85. The van der Waals surface area contributed by atoms with Crippen LogP contribution in [0.1, 0.15) is 25.8 Å². The largest absolute Gasteiger partial charge is 0.379 e. The molecule has 1 aromatic rings. The molecule has 1 aromatic carbocycles. The number of hydrogen-bond acceptors (Lipinski definition) is 3. The standard InChI is InChI=1S/C19H31ClN4O.HI/c1-3-21-19(23-15-16(2)24-11-13-25-14-12-24)22-10-4-5-17-6-8-18(20)9-7-17;/h6-9,16H,3-5,10-15H2,1-2H3,(H2,21,22,23);1H. The SMILES string of the molecule is CCNC(=NCC(C)N1CCOCC1)NCCCc1ccc(Cl)cc1.I. The smallest absolute Gasteiger partial charge is 0.191 e. The summed E-state index contributed by atoms with van der Waals surface area (Å²) in [4.78, 5) is 7.18. The number of halogens is 2. The van der Waals surface area contributed by atoms with Crippen LogP contribution in [-0.4, -0.2) is 62.8 Å². The van der Waals surface area contributed by atoms with Crippen LogP contribution in [0.5, 0.6) is 0 Å². The van der Waals surface area contributed by atoms with Gasteiger partial charge in [0.25, 0.3) is 0 Å². The summed E-state index contributed by atoms with van der Waals surface area (Å²) in [6.45, 7) is 10.6. The molecular weight excluding hydrogens is 463 g/mol. The van der Waals surface area contributed by atoms with Crippen molar-refractivity contribution >= 4 is 41.5 Å². The Hall–Kier alpha value is -0.570. The van der Waals surface area contributed by atoms with Gasteiger partial charge < -0.3 is 15.4 Å². The summed E-state index contributed by atoms with van der Waals surface area (Å²) in [6, 6.07) is 8.51.